The van der Waals surface area contributed by atoms with E-state index in [9.17, 15) is 9.18 Å². The molecule has 26 heavy (non-hydrogen) atoms. The number of hydrogen-bond acceptors (Lipinski definition) is 3. The molecule has 5 heteroatoms. The molecule has 134 valence electrons. The summed E-state index contributed by atoms with van der Waals surface area (Å²) in [5.41, 5.74) is 1.71. The standard InChI is InChI=1S/C21H22FN3O/c1-15-9-11-24(12-10-15)14-25-19-8-3-2-7-18(19)20(23-21(25)26)16-5-4-6-17(22)13-16/h2-8,13,15H,9-12,14H2,1H3. The Bertz CT molecular complexity index is 990. The second-order valence-electron chi connectivity index (χ2n) is 7.14. The number of nitrogens with zero attached hydrogens (tertiary/aromatic N) is 3. The molecule has 4 nitrogen and oxygen atoms in total. The third-order valence-corrected chi connectivity index (χ3v) is 5.20. The van der Waals surface area contributed by atoms with Crippen molar-refractivity contribution in [1.82, 2.24) is 14.5 Å². The van der Waals surface area contributed by atoms with E-state index in [0.717, 1.165) is 42.8 Å². The molecule has 3 aromatic rings. The SMILES string of the molecule is CC1CCN(Cn2c(=O)nc(-c3cccc(F)c3)c3ccccc32)CC1. The van der Waals surface area contributed by atoms with Crippen LogP contribution in [-0.4, -0.2) is 27.5 Å². The molecule has 4 rings (SSSR count). The molecule has 1 saturated heterocycles. The third-order valence-electron chi connectivity index (χ3n) is 5.20. The number of benzene rings is 2. The van der Waals surface area contributed by atoms with Gasteiger partial charge in [-0.05, 0) is 37.0 Å². The topological polar surface area (TPSA) is 38.1 Å². The number of piperidine rings is 1. The summed E-state index contributed by atoms with van der Waals surface area (Å²) in [7, 11) is 0. The highest BCUT2D eigenvalue weighted by Crippen LogP contribution is 2.26. The summed E-state index contributed by atoms with van der Waals surface area (Å²) < 4.78 is 15.4. The van der Waals surface area contributed by atoms with Crippen molar-refractivity contribution in [2.45, 2.75) is 26.4 Å². The largest absolute Gasteiger partial charge is 0.349 e. The summed E-state index contributed by atoms with van der Waals surface area (Å²) in [4.78, 5) is 19.4. The molecule has 1 fully saturated rings. The number of halogens is 1. The summed E-state index contributed by atoms with van der Waals surface area (Å²) in [6.45, 7) is 4.80. The lowest BCUT2D eigenvalue weighted by Gasteiger charge is -2.30. The number of para-hydroxylation sites is 1. The van der Waals surface area contributed by atoms with Crippen molar-refractivity contribution in [1.29, 1.82) is 0 Å². The van der Waals surface area contributed by atoms with Crippen molar-refractivity contribution >= 4 is 10.9 Å². The maximum atomic E-state index is 13.7. The van der Waals surface area contributed by atoms with E-state index in [1.807, 2.05) is 24.3 Å². The van der Waals surface area contributed by atoms with Gasteiger partial charge in [0.2, 0.25) is 0 Å². The van der Waals surface area contributed by atoms with Crippen molar-refractivity contribution in [3.63, 3.8) is 0 Å². The molecule has 0 radical (unpaired) electrons. The van der Waals surface area contributed by atoms with Crippen molar-refractivity contribution < 1.29 is 4.39 Å². The number of fused-ring (bicyclic) bond motifs is 1. The van der Waals surface area contributed by atoms with E-state index in [2.05, 4.69) is 16.8 Å². The van der Waals surface area contributed by atoms with Crippen LogP contribution in [0.25, 0.3) is 22.2 Å². The summed E-state index contributed by atoms with van der Waals surface area (Å²) in [6, 6.07) is 14.0. The van der Waals surface area contributed by atoms with Crippen molar-refractivity contribution in [2.75, 3.05) is 13.1 Å². The first-order chi connectivity index (χ1) is 12.6. The fourth-order valence-corrected chi connectivity index (χ4v) is 3.62. The molecule has 2 heterocycles. The van der Waals surface area contributed by atoms with Crippen LogP contribution in [0.1, 0.15) is 19.8 Å². The molecule has 2 aromatic carbocycles. The minimum absolute atomic E-state index is 0.290. The molecule has 0 unspecified atom stereocenters. The zero-order valence-corrected chi connectivity index (χ0v) is 14.9. The molecule has 0 N–H and O–H groups in total. The van der Waals surface area contributed by atoms with Crippen LogP contribution in [0.2, 0.25) is 0 Å². The zero-order chi connectivity index (χ0) is 18.1. The van der Waals surface area contributed by atoms with Crippen LogP contribution in [0, 0.1) is 11.7 Å². The Morgan fingerprint density at radius 2 is 1.88 bits per heavy atom. The maximum Gasteiger partial charge on any atom is 0.349 e. The Labute approximate surface area is 151 Å². The summed E-state index contributed by atoms with van der Waals surface area (Å²) in [5.74, 6) is 0.410. The van der Waals surface area contributed by atoms with Crippen molar-refractivity contribution in [2.24, 2.45) is 5.92 Å². The fraction of sp³-hybridized carbons (Fsp3) is 0.333. The van der Waals surface area contributed by atoms with E-state index in [4.69, 9.17) is 0 Å². The van der Waals surface area contributed by atoms with Gasteiger partial charge >= 0.3 is 5.69 Å². The number of aromatic nitrogens is 2. The van der Waals surface area contributed by atoms with Crippen molar-refractivity contribution in [3.05, 3.63) is 64.8 Å². The average molecular weight is 351 g/mol. The summed E-state index contributed by atoms with van der Waals surface area (Å²) in [6.07, 6.45) is 2.31. The van der Waals surface area contributed by atoms with Crippen molar-refractivity contribution in [3.8, 4) is 11.3 Å². The first kappa shape index (κ1) is 16.9. The molecule has 0 saturated carbocycles. The minimum atomic E-state index is -0.333. The highest BCUT2D eigenvalue weighted by Gasteiger charge is 2.18. The van der Waals surface area contributed by atoms with Gasteiger partial charge in [0.25, 0.3) is 0 Å². The minimum Gasteiger partial charge on any atom is -0.286 e. The zero-order valence-electron chi connectivity index (χ0n) is 14.9. The lowest BCUT2D eigenvalue weighted by atomic mass is 10.00. The molecule has 0 aliphatic carbocycles. The van der Waals surface area contributed by atoms with E-state index in [0.29, 0.717) is 17.9 Å². The van der Waals surface area contributed by atoms with Gasteiger partial charge in [0.05, 0.1) is 17.9 Å². The van der Waals surface area contributed by atoms with Gasteiger partial charge in [0.1, 0.15) is 5.82 Å². The smallest absolute Gasteiger partial charge is 0.286 e. The Kier molecular flexibility index (Phi) is 4.55. The van der Waals surface area contributed by atoms with Gasteiger partial charge in [-0.3, -0.25) is 9.47 Å². The molecular weight excluding hydrogens is 329 g/mol. The first-order valence-corrected chi connectivity index (χ1v) is 9.10. The van der Waals surface area contributed by atoms with Crippen LogP contribution >= 0.6 is 0 Å². The van der Waals surface area contributed by atoms with E-state index >= 15 is 0 Å². The predicted molar refractivity (Wildman–Crippen MR) is 101 cm³/mol. The third kappa shape index (κ3) is 3.27. The number of hydrogen-bond donors (Lipinski definition) is 0. The van der Waals surface area contributed by atoms with E-state index in [1.165, 1.54) is 12.1 Å². The van der Waals surface area contributed by atoms with Crippen LogP contribution in [0.4, 0.5) is 4.39 Å². The highest BCUT2D eigenvalue weighted by atomic mass is 19.1. The Balaban J connectivity index is 1.80. The lowest BCUT2D eigenvalue weighted by Crippen LogP contribution is -2.38. The van der Waals surface area contributed by atoms with Gasteiger partial charge < -0.3 is 0 Å². The second kappa shape index (κ2) is 7.00. The molecule has 0 amide bonds. The summed E-state index contributed by atoms with van der Waals surface area (Å²) in [5, 5.41) is 0.864. The summed E-state index contributed by atoms with van der Waals surface area (Å²) >= 11 is 0. The number of rotatable bonds is 3. The Hall–Kier alpha value is -2.53. The van der Waals surface area contributed by atoms with Crippen LogP contribution < -0.4 is 5.69 Å². The molecule has 1 aliphatic rings. The van der Waals surface area contributed by atoms with E-state index in [1.54, 1.807) is 16.7 Å². The molecular formula is C21H22FN3O. The van der Waals surface area contributed by atoms with E-state index in [-0.39, 0.29) is 11.5 Å². The monoisotopic (exact) mass is 351 g/mol. The van der Waals surface area contributed by atoms with Crippen LogP contribution in [0.3, 0.4) is 0 Å². The molecule has 1 aromatic heterocycles. The van der Waals surface area contributed by atoms with Gasteiger partial charge in [0, 0.05) is 24.0 Å². The van der Waals surface area contributed by atoms with E-state index < -0.39 is 0 Å². The number of likely N-dealkylation sites (tertiary alicyclic amines) is 1. The highest BCUT2D eigenvalue weighted by molar-refractivity contribution is 5.92. The normalized spacial score (nSPS) is 16.2. The molecule has 0 spiro atoms. The lowest BCUT2D eigenvalue weighted by molar-refractivity contribution is 0.154. The predicted octanol–water partition coefficient (Wildman–Crippen LogP) is 3.89. The van der Waals surface area contributed by atoms with Gasteiger partial charge in [-0.25, -0.2) is 9.18 Å². The Morgan fingerprint density at radius 3 is 2.65 bits per heavy atom. The molecule has 1 aliphatic heterocycles. The maximum absolute atomic E-state index is 13.7. The van der Waals surface area contributed by atoms with Crippen LogP contribution in [-0.2, 0) is 6.67 Å². The van der Waals surface area contributed by atoms with Gasteiger partial charge in [-0.2, -0.15) is 4.98 Å². The van der Waals surface area contributed by atoms with Crippen LogP contribution in [0.5, 0.6) is 0 Å². The average Bonchev–Trinajstić information content (AvgIpc) is 2.65. The first-order valence-electron chi connectivity index (χ1n) is 9.10. The fourth-order valence-electron chi connectivity index (χ4n) is 3.62. The second-order valence-corrected chi connectivity index (χ2v) is 7.14. The quantitative estimate of drug-likeness (QED) is 0.718. The van der Waals surface area contributed by atoms with Gasteiger partial charge in [-0.15, -0.1) is 0 Å². The van der Waals surface area contributed by atoms with Gasteiger partial charge in [-0.1, -0.05) is 37.3 Å². The van der Waals surface area contributed by atoms with Crippen LogP contribution in [0.15, 0.2) is 53.3 Å². The molecule has 0 bridgehead atoms. The Morgan fingerprint density at radius 1 is 1.12 bits per heavy atom. The molecule has 0 atom stereocenters. The van der Waals surface area contributed by atoms with Gasteiger partial charge in [0.15, 0.2) is 0 Å².